The van der Waals surface area contributed by atoms with Crippen LogP contribution in [0.5, 0.6) is 0 Å². The molecule has 0 aromatic heterocycles. The van der Waals surface area contributed by atoms with E-state index in [9.17, 15) is 41.9 Å². The van der Waals surface area contributed by atoms with Crippen LogP contribution in [0.25, 0.3) is 0 Å². The van der Waals surface area contributed by atoms with Gasteiger partial charge < -0.3 is 4.90 Å². The van der Waals surface area contributed by atoms with Crippen LogP contribution in [-0.2, 0) is 36.3 Å². The fraction of sp³-hybridized carbons (Fsp3) is 0.406. The van der Waals surface area contributed by atoms with Crippen molar-refractivity contribution in [1.29, 1.82) is 0 Å². The quantitative estimate of drug-likeness (QED) is 0.183. The third-order valence-electron chi connectivity index (χ3n) is 8.94. The molecule has 2 heterocycles. The summed E-state index contributed by atoms with van der Waals surface area (Å²) < 4.78 is 58.4. The van der Waals surface area contributed by atoms with Gasteiger partial charge in [0.2, 0.25) is 0 Å². The van der Waals surface area contributed by atoms with Crippen LogP contribution in [0.15, 0.2) is 88.7 Å². The average Bonchev–Trinajstić information content (AvgIpc) is 3.09. The number of carbonyl (C=O) groups is 1. The van der Waals surface area contributed by atoms with E-state index in [1.165, 1.54) is 12.1 Å². The second-order valence-electron chi connectivity index (χ2n) is 12.2. The van der Waals surface area contributed by atoms with Crippen molar-refractivity contribution in [2.75, 3.05) is 26.7 Å². The lowest BCUT2D eigenvalue weighted by atomic mass is 9.87. The first-order valence-electron chi connectivity index (χ1n) is 15.7. The predicted octanol–water partition coefficient (Wildman–Crippen LogP) is 4.15. The summed E-state index contributed by atoms with van der Waals surface area (Å²) in [6.45, 7) is 0.812. The Balaban J connectivity index is 1.53. The van der Waals surface area contributed by atoms with Crippen LogP contribution in [0.4, 0.5) is 11.4 Å². The Hall–Kier alpha value is -4.13. The summed E-state index contributed by atoms with van der Waals surface area (Å²) in [5.74, 6) is -0.310. The lowest BCUT2D eigenvalue weighted by Crippen LogP contribution is -2.57. The van der Waals surface area contributed by atoms with Crippen molar-refractivity contribution in [3.05, 3.63) is 105 Å². The Morgan fingerprint density at radius 3 is 2.12 bits per heavy atom. The van der Waals surface area contributed by atoms with Gasteiger partial charge in [0.1, 0.15) is 0 Å². The maximum absolute atomic E-state index is 14.3. The van der Waals surface area contributed by atoms with E-state index in [2.05, 4.69) is 4.90 Å². The Kier molecular flexibility index (Phi) is 11.2. The van der Waals surface area contributed by atoms with Gasteiger partial charge in [-0.2, -0.15) is 4.31 Å². The summed E-state index contributed by atoms with van der Waals surface area (Å²) in [4.78, 5) is 42.6. The van der Waals surface area contributed by atoms with Crippen LogP contribution in [0.2, 0.25) is 0 Å². The number of nitro benzene ring substituents is 2. The second-order valence-corrected chi connectivity index (χ2v) is 15.9. The first-order chi connectivity index (χ1) is 23.3. The molecule has 0 unspecified atom stereocenters. The average molecular weight is 716 g/mol. The van der Waals surface area contributed by atoms with Gasteiger partial charge >= 0.3 is 0 Å². The first-order valence-corrected chi connectivity index (χ1v) is 18.6. The normalized spacial score (nSPS) is 19.9. The number of carbonyl (C=O) groups excluding carboxylic acids is 1. The summed E-state index contributed by atoms with van der Waals surface area (Å²) in [7, 11) is -7.31. The fourth-order valence-electron chi connectivity index (χ4n) is 6.25. The van der Waals surface area contributed by atoms with Gasteiger partial charge in [0.05, 0.1) is 33.4 Å². The van der Waals surface area contributed by atoms with Gasteiger partial charge in [-0.25, -0.2) is 16.8 Å². The second kappa shape index (κ2) is 15.2. The van der Waals surface area contributed by atoms with E-state index >= 15 is 0 Å². The van der Waals surface area contributed by atoms with Crippen LogP contribution < -0.4 is 0 Å². The highest BCUT2D eigenvalue weighted by Gasteiger charge is 2.47. The molecule has 262 valence electrons. The molecule has 49 heavy (non-hydrogen) atoms. The van der Waals surface area contributed by atoms with Crippen molar-refractivity contribution in [1.82, 2.24) is 13.7 Å². The maximum atomic E-state index is 14.3. The van der Waals surface area contributed by atoms with Crippen molar-refractivity contribution in [2.45, 2.75) is 60.6 Å². The number of nitro groups is 2. The number of likely N-dealkylation sites (tertiary alicyclic amines) is 1. The Morgan fingerprint density at radius 1 is 0.857 bits per heavy atom. The van der Waals surface area contributed by atoms with Gasteiger partial charge in [0.15, 0.2) is 10.7 Å². The number of rotatable bonds is 13. The van der Waals surface area contributed by atoms with Crippen LogP contribution >= 0.6 is 0 Å². The molecule has 2 atom stereocenters. The number of nitrogens with zero attached hydrogens (tertiary/aromatic N) is 5. The Bertz CT molecular complexity index is 1880. The highest BCUT2D eigenvalue weighted by atomic mass is 32.2. The molecular formula is C32H37N5O10S2. The highest BCUT2D eigenvalue weighted by molar-refractivity contribution is 7.89. The highest BCUT2D eigenvalue weighted by Crippen LogP contribution is 2.35. The molecule has 17 heteroatoms. The van der Waals surface area contributed by atoms with E-state index in [1.54, 1.807) is 30.3 Å². The number of hydrogen-bond donors (Lipinski definition) is 0. The molecule has 2 aliphatic rings. The van der Waals surface area contributed by atoms with Crippen molar-refractivity contribution < 1.29 is 36.3 Å². The van der Waals surface area contributed by atoms with Crippen molar-refractivity contribution in [2.24, 2.45) is 5.92 Å². The van der Waals surface area contributed by atoms with Crippen LogP contribution in [0.1, 0.15) is 37.7 Å². The van der Waals surface area contributed by atoms with Gasteiger partial charge in [0, 0.05) is 31.2 Å². The molecule has 0 spiro atoms. The minimum absolute atomic E-state index is 0.0215. The van der Waals surface area contributed by atoms with Gasteiger partial charge in [-0.3, -0.25) is 29.9 Å². The SMILES string of the molecule is CN1CCC(CC(=O)[C@@H]2CC[C@@H](N(OCc3ccccc3)S(=O)(=O)c3ccc([N+](=O)[O-])cc3)CN2S(=O)(=O)c2ccccc2[N+](=O)[O-])CC1. The molecule has 0 amide bonds. The lowest BCUT2D eigenvalue weighted by molar-refractivity contribution is -0.387. The summed E-state index contributed by atoms with van der Waals surface area (Å²) in [5, 5.41) is 23.1. The third kappa shape index (κ3) is 8.20. The fourth-order valence-corrected chi connectivity index (χ4v) is 9.53. The van der Waals surface area contributed by atoms with Crippen LogP contribution in [0.3, 0.4) is 0 Å². The van der Waals surface area contributed by atoms with Crippen LogP contribution in [-0.4, -0.2) is 84.9 Å². The summed E-state index contributed by atoms with van der Waals surface area (Å²) in [6.07, 6.45) is 1.57. The van der Waals surface area contributed by atoms with Crippen LogP contribution in [0, 0.1) is 26.1 Å². The molecule has 3 aromatic carbocycles. The molecule has 0 bridgehead atoms. The number of non-ortho nitro benzene ring substituents is 1. The number of hydrogen-bond acceptors (Lipinski definition) is 11. The molecule has 2 fully saturated rings. The van der Waals surface area contributed by atoms with E-state index in [1.807, 2.05) is 7.05 Å². The number of ketones is 1. The zero-order chi connectivity index (χ0) is 35.3. The molecular weight excluding hydrogens is 679 g/mol. The van der Waals surface area contributed by atoms with E-state index in [-0.39, 0.29) is 48.2 Å². The van der Waals surface area contributed by atoms with E-state index in [0.717, 1.165) is 66.6 Å². The molecule has 5 rings (SSSR count). The standard InChI is InChI=1S/C32H37N5O10S2/c1-33-19-17-24(18-20-33)21-31(38)29-16-13-27(22-34(29)49(45,46)32-10-6-5-9-30(32)36(41)42)37(47-23-25-7-3-2-4-8-25)48(43,44)28-14-11-26(12-15-28)35(39)40/h2-12,14-15,24,27,29H,13,16-23H2,1H3/t27-,29+/m1/s1. The molecule has 0 N–H and O–H groups in total. The monoisotopic (exact) mass is 715 g/mol. The number of benzene rings is 3. The minimum Gasteiger partial charge on any atom is -0.306 e. The number of hydroxylamine groups is 1. The Labute approximate surface area is 284 Å². The topological polar surface area (TPSA) is 191 Å². The minimum atomic E-state index is -4.73. The van der Waals surface area contributed by atoms with E-state index in [0.29, 0.717) is 10.0 Å². The molecule has 3 aromatic rings. The third-order valence-corrected chi connectivity index (χ3v) is 12.6. The van der Waals surface area contributed by atoms with E-state index < -0.39 is 59.1 Å². The van der Waals surface area contributed by atoms with E-state index in [4.69, 9.17) is 4.84 Å². The lowest BCUT2D eigenvalue weighted by Gasteiger charge is -2.41. The van der Waals surface area contributed by atoms with Crippen molar-refractivity contribution in [3.8, 4) is 0 Å². The molecule has 15 nitrogen and oxygen atoms in total. The largest absolute Gasteiger partial charge is 0.306 e. The zero-order valence-corrected chi connectivity index (χ0v) is 28.4. The van der Waals surface area contributed by atoms with Crippen molar-refractivity contribution >= 4 is 37.2 Å². The predicted molar refractivity (Wildman–Crippen MR) is 177 cm³/mol. The molecule has 2 aliphatic heterocycles. The maximum Gasteiger partial charge on any atom is 0.289 e. The molecule has 0 radical (unpaired) electrons. The number of para-hydroxylation sites is 1. The summed E-state index contributed by atoms with van der Waals surface area (Å²) >= 11 is 0. The first kappa shape index (κ1) is 36.2. The molecule has 0 saturated carbocycles. The van der Waals surface area contributed by atoms with Gasteiger partial charge in [0.25, 0.3) is 31.4 Å². The number of Topliss-reactive ketones (excluding diaryl/α,β-unsaturated/α-hetero) is 1. The number of sulfonamides is 2. The summed E-state index contributed by atoms with van der Waals surface area (Å²) in [5.41, 5.74) is -0.402. The summed E-state index contributed by atoms with van der Waals surface area (Å²) in [6, 6.07) is 15.3. The molecule has 0 aliphatic carbocycles. The smallest absolute Gasteiger partial charge is 0.289 e. The number of piperidine rings is 2. The zero-order valence-electron chi connectivity index (χ0n) is 26.7. The van der Waals surface area contributed by atoms with Gasteiger partial charge in [-0.1, -0.05) is 46.9 Å². The molecule has 2 saturated heterocycles. The Morgan fingerprint density at radius 2 is 1.49 bits per heavy atom. The van der Waals surface area contributed by atoms with Gasteiger partial charge in [-0.15, -0.1) is 0 Å². The van der Waals surface area contributed by atoms with Gasteiger partial charge in [-0.05, 0) is 75.5 Å². The van der Waals surface area contributed by atoms with Crippen molar-refractivity contribution in [3.63, 3.8) is 0 Å².